The minimum absolute atomic E-state index is 0.171. The van der Waals surface area contributed by atoms with Crippen molar-refractivity contribution in [3.8, 4) is 0 Å². The summed E-state index contributed by atoms with van der Waals surface area (Å²) >= 11 is 0. The van der Waals surface area contributed by atoms with Gasteiger partial charge in [0.1, 0.15) is 0 Å². The van der Waals surface area contributed by atoms with Crippen molar-refractivity contribution >= 4 is 5.84 Å². The normalized spacial score (nSPS) is 25.1. The molecule has 0 aromatic rings. The molecule has 4 heteroatoms. The van der Waals surface area contributed by atoms with Gasteiger partial charge in [-0.05, 0) is 12.8 Å². The maximum Gasteiger partial charge on any atom is 0.159 e. The van der Waals surface area contributed by atoms with Crippen LogP contribution in [0.1, 0.15) is 25.7 Å². The highest BCUT2D eigenvalue weighted by Crippen LogP contribution is 2.26. The van der Waals surface area contributed by atoms with Crippen molar-refractivity contribution in [2.45, 2.75) is 31.2 Å². The smallest absolute Gasteiger partial charge is 0.159 e. The van der Waals surface area contributed by atoms with Gasteiger partial charge in [0.2, 0.25) is 0 Å². The molecule has 1 aliphatic carbocycles. The summed E-state index contributed by atoms with van der Waals surface area (Å²) in [5, 5.41) is 11.3. The Kier molecular flexibility index (Phi) is 1.80. The zero-order valence-electron chi connectivity index (χ0n) is 5.88. The standard InChI is InChI=1S/C6H13N3O/c7-5(9-10)6(8)3-1-2-4-6/h10H,1-4,8H2,(H2,7,9). The molecule has 0 unspecified atom stereocenters. The van der Waals surface area contributed by atoms with Crippen LogP contribution in [0.15, 0.2) is 5.16 Å². The highest BCUT2D eigenvalue weighted by Gasteiger charge is 2.33. The van der Waals surface area contributed by atoms with E-state index in [0.29, 0.717) is 0 Å². The van der Waals surface area contributed by atoms with Crippen molar-refractivity contribution in [1.82, 2.24) is 0 Å². The number of nitrogens with zero attached hydrogens (tertiary/aromatic N) is 1. The van der Waals surface area contributed by atoms with E-state index in [9.17, 15) is 0 Å². The lowest BCUT2D eigenvalue weighted by Crippen LogP contribution is -2.49. The molecular weight excluding hydrogens is 130 g/mol. The molecule has 1 rings (SSSR count). The zero-order chi connectivity index (χ0) is 7.61. The Hall–Kier alpha value is -0.770. The van der Waals surface area contributed by atoms with E-state index in [1.165, 1.54) is 0 Å². The molecular formula is C6H13N3O. The summed E-state index contributed by atoms with van der Waals surface area (Å²) < 4.78 is 0. The molecule has 0 atom stereocenters. The maximum atomic E-state index is 8.34. The summed E-state index contributed by atoms with van der Waals surface area (Å²) in [6.45, 7) is 0. The highest BCUT2D eigenvalue weighted by atomic mass is 16.4. The largest absolute Gasteiger partial charge is 0.409 e. The Morgan fingerprint density at radius 3 is 2.30 bits per heavy atom. The number of hydrogen-bond acceptors (Lipinski definition) is 3. The van der Waals surface area contributed by atoms with E-state index in [0.717, 1.165) is 25.7 Å². The Morgan fingerprint density at radius 1 is 1.40 bits per heavy atom. The van der Waals surface area contributed by atoms with Crippen LogP contribution < -0.4 is 11.5 Å². The zero-order valence-corrected chi connectivity index (χ0v) is 5.88. The average Bonchev–Trinajstić information content (AvgIpc) is 2.36. The number of hydrogen-bond donors (Lipinski definition) is 3. The molecule has 58 valence electrons. The number of oxime groups is 1. The molecule has 0 heterocycles. The molecule has 0 spiro atoms. The van der Waals surface area contributed by atoms with E-state index in [4.69, 9.17) is 16.7 Å². The van der Waals surface area contributed by atoms with Gasteiger partial charge in [0.15, 0.2) is 5.84 Å². The van der Waals surface area contributed by atoms with Crippen LogP contribution in [0.25, 0.3) is 0 Å². The lowest BCUT2D eigenvalue weighted by Gasteiger charge is -2.20. The molecule has 5 N–H and O–H groups in total. The number of nitrogens with two attached hydrogens (primary N) is 2. The van der Waals surface area contributed by atoms with Crippen LogP contribution in [0, 0.1) is 0 Å². The first-order valence-electron chi connectivity index (χ1n) is 3.46. The van der Waals surface area contributed by atoms with Crippen LogP contribution in [0.3, 0.4) is 0 Å². The second-order valence-electron chi connectivity index (χ2n) is 2.85. The second-order valence-corrected chi connectivity index (χ2v) is 2.85. The van der Waals surface area contributed by atoms with Crippen molar-refractivity contribution in [1.29, 1.82) is 0 Å². The summed E-state index contributed by atoms with van der Waals surface area (Å²) in [4.78, 5) is 0. The summed E-state index contributed by atoms with van der Waals surface area (Å²) in [5.41, 5.74) is 10.7. The quantitative estimate of drug-likeness (QED) is 0.209. The molecule has 0 saturated heterocycles. The van der Waals surface area contributed by atoms with Crippen molar-refractivity contribution in [2.24, 2.45) is 16.6 Å². The van der Waals surface area contributed by atoms with Gasteiger partial charge in [0.25, 0.3) is 0 Å². The van der Waals surface area contributed by atoms with Gasteiger partial charge >= 0.3 is 0 Å². The van der Waals surface area contributed by atoms with E-state index in [-0.39, 0.29) is 5.84 Å². The first-order valence-corrected chi connectivity index (χ1v) is 3.46. The van der Waals surface area contributed by atoms with Gasteiger partial charge in [-0.2, -0.15) is 0 Å². The molecule has 0 amide bonds. The predicted octanol–water partition coefficient (Wildman–Crippen LogP) is 0.00430. The topological polar surface area (TPSA) is 84.6 Å². The summed E-state index contributed by atoms with van der Waals surface area (Å²) in [6, 6.07) is 0. The summed E-state index contributed by atoms with van der Waals surface area (Å²) in [6.07, 6.45) is 3.82. The molecule has 1 saturated carbocycles. The van der Waals surface area contributed by atoms with Gasteiger partial charge in [-0.3, -0.25) is 0 Å². The van der Waals surface area contributed by atoms with Gasteiger partial charge in [0, 0.05) is 0 Å². The fourth-order valence-corrected chi connectivity index (χ4v) is 1.36. The lowest BCUT2D eigenvalue weighted by atomic mass is 9.98. The second kappa shape index (κ2) is 2.46. The fraction of sp³-hybridized carbons (Fsp3) is 0.833. The van der Waals surface area contributed by atoms with E-state index >= 15 is 0 Å². The highest BCUT2D eigenvalue weighted by molar-refractivity contribution is 5.89. The third kappa shape index (κ3) is 1.07. The van der Waals surface area contributed by atoms with E-state index in [2.05, 4.69) is 5.16 Å². The maximum absolute atomic E-state index is 8.34. The van der Waals surface area contributed by atoms with Gasteiger partial charge in [-0.15, -0.1) is 0 Å². The average molecular weight is 143 g/mol. The molecule has 1 aliphatic rings. The molecule has 0 aliphatic heterocycles. The van der Waals surface area contributed by atoms with Crippen LogP contribution in [0.5, 0.6) is 0 Å². The van der Waals surface area contributed by atoms with Crippen LogP contribution in [0.2, 0.25) is 0 Å². The molecule has 0 aromatic heterocycles. The molecule has 4 nitrogen and oxygen atoms in total. The third-order valence-corrected chi connectivity index (χ3v) is 2.11. The monoisotopic (exact) mass is 143 g/mol. The SMILES string of the molecule is N/C(=N\O)C1(N)CCCC1. The number of amidine groups is 1. The minimum atomic E-state index is -0.519. The number of rotatable bonds is 1. The fourth-order valence-electron chi connectivity index (χ4n) is 1.36. The molecule has 0 aromatic carbocycles. The Balaban J connectivity index is 2.67. The molecule has 1 fully saturated rings. The first kappa shape index (κ1) is 7.34. The van der Waals surface area contributed by atoms with Crippen LogP contribution in [0.4, 0.5) is 0 Å². The molecule has 0 bridgehead atoms. The minimum Gasteiger partial charge on any atom is -0.409 e. The van der Waals surface area contributed by atoms with E-state index in [1.807, 2.05) is 0 Å². The van der Waals surface area contributed by atoms with Crippen molar-refractivity contribution in [3.05, 3.63) is 0 Å². The van der Waals surface area contributed by atoms with Crippen LogP contribution >= 0.6 is 0 Å². The van der Waals surface area contributed by atoms with Crippen molar-refractivity contribution < 1.29 is 5.21 Å². The van der Waals surface area contributed by atoms with Gasteiger partial charge in [0.05, 0.1) is 5.54 Å². The van der Waals surface area contributed by atoms with Crippen molar-refractivity contribution in [2.75, 3.05) is 0 Å². The lowest BCUT2D eigenvalue weighted by molar-refractivity contribution is 0.311. The Labute approximate surface area is 59.9 Å². The van der Waals surface area contributed by atoms with Gasteiger partial charge < -0.3 is 16.7 Å². The first-order chi connectivity index (χ1) is 4.69. The summed E-state index contributed by atoms with van der Waals surface area (Å²) in [5.74, 6) is 0.171. The Bertz CT molecular complexity index is 149. The molecule has 0 radical (unpaired) electrons. The third-order valence-electron chi connectivity index (χ3n) is 2.11. The van der Waals surface area contributed by atoms with Crippen LogP contribution in [-0.4, -0.2) is 16.6 Å². The van der Waals surface area contributed by atoms with Gasteiger partial charge in [-0.1, -0.05) is 18.0 Å². The van der Waals surface area contributed by atoms with Gasteiger partial charge in [-0.25, -0.2) is 0 Å². The van der Waals surface area contributed by atoms with E-state index < -0.39 is 5.54 Å². The van der Waals surface area contributed by atoms with Crippen LogP contribution in [-0.2, 0) is 0 Å². The summed E-state index contributed by atoms with van der Waals surface area (Å²) in [7, 11) is 0. The van der Waals surface area contributed by atoms with Crippen molar-refractivity contribution in [3.63, 3.8) is 0 Å². The predicted molar refractivity (Wildman–Crippen MR) is 38.8 cm³/mol. The molecule has 10 heavy (non-hydrogen) atoms. The Morgan fingerprint density at radius 2 is 1.90 bits per heavy atom. The van der Waals surface area contributed by atoms with E-state index in [1.54, 1.807) is 0 Å².